The summed E-state index contributed by atoms with van der Waals surface area (Å²) < 4.78 is 5.29. The second-order valence-corrected chi connectivity index (χ2v) is 3.42. The van der Waals surface area contributed by atoms with Crippen LogP contribution in [0.3, 0.4) is 0 Å². The van der Waals surface area contributed by atoms with Crippen molar-refractivity contribution < 1.29 is 4.74 Å². The molecule has 0 N–H and O–H groups in total. The lowest BCUT2D eigenvalue weighted by Crippen LogP contribution is -2.40. The normalized spacial score (nSPS) is 36.3. The minimum Gasteiger partial charge on any atom is -0.380 e. The molecule has 0 amide bonds. The Labute approximate surface area is 63.2 Å². The molecule has 1 saturated heterocycles. The Kier molecular flexibility index (Phi) is 2.69. The van der Waals surface area contributed by atoms with Gasteiger partial charge in [-0.25, -0.2) is 0 Å². The predicted octanol–water partition coefficient (Wildman–Crippen LogP) is 0.973. The van der Waals surface area contributed by atoms with E-state index in [2.05, 4.69) is 18.9 Å². The van der Waals surface area contributed by atoms with Crippen LogP contribution in [0.4, 0.5) is 0 Å². The molecule has 1 unspecified atom stereocenters. The number of methoxy groups -OCH3 is 1. The molecule has 2 heteroatoms. The second kappa shape index (κ2) is 3.35. The average molecular weight is 143 g/mol. The number of ether oxygens (including phenoxy) is 1. The molecule has 1 aliphatic rings. The van der Waals surface area contributed by atoms with Gasteiger partial charge in [-0.15, -0.1) is 0 Å². The van der Waals surface area contributed by atoms with Crippen molar-refractivity contribution in [3.8, 4) is 0 Å². The van der Waals surface area contributed by atoms with Crippen LogP contribution in [0.5, 0.6) is 0 Å². The van der Waals surface area contributed by atoms with E-state index in [0.29, 0.717) is 6.10 Å². The van der Waals surface area contributed by atoms with Gasteiger partial charge in [-0.1, -0.05) is 6.92 Å². The van der Waals surface area contributed by atoms with Gasteiger partial charge in [0.2, 0.25) is 0 Å². The Morgan fingerprint density at radius 1 is 1.40 bits per heavy atom. The minimum absolute atomic E-state index is 0.466. The highest BCUT2D eigenvalue weighted by Gasteiger charge is 2.21. The summed E-state index contributed by atoms with van der Waals surface area (Å²) in [5.41, 5.74) is 0. The van der Waals surface area contributed by atoms with Gasteiger partial charge < -0.3 is 9.64 Å². The van der Waals surface area contributed by atoms with Crippen LogP contribution < -0.4 is 0 Å². The maximum atomic E-state index is 5.29. The number of likely N-dealkylation sites (tertiary alicyclic amines) is 1. The van der Waals surface area contributed by atoms with Gasteiger partial charge in [0, 0.05) is 20.2 Å². The van der Waals surface area contributed by atoms with E-state index in [-0.39, 0.29) is 0 Å². The van der Waals surface area contributed by atoms with Crippen LogP contribution >= 0.6 is 0 Å². The monoisotopic (exact) mass is 143 g/mol. The largest absolute Gasteiger partial charge is 0.380 e. The summed E-state index contributed by atoms with van der Waals surface area (Å²) in [5.74, 6) is 0.795. The Bertz CT molecular complexity index is 95.4. The fourth-order valence-electron chi connectivity index (χ4n) is 1.72. The molecule has 1 heterocycles. The molecule has 0 aromatic heterocycles. The average Bonchev–Trinajstić information content (AvgIpc) is 1.85. The van der Waals surface area contributed by atoms with E-state index >= 15 is 0 Å². The van der Waals surface area contributed by atoms with Crippen molar-refractivity contribution in [2.24, 2.45) is 5.92 Å². The Morgan fingerprint density at radius 3 is 2.60 bits per heavy atom. The quantitative estimate of drug-likeness (QED) is 0.542. The number of rotatable bonds is 1. The summed E-state index contributed by atoms with van der Waals surface area (Å²) in [7, 11) is 3.96. The first-order chi connectivity index (χ1) is 4.72. The van der Waals surface area contributed by atoms with Gasteiger partial charge >= 0.3 is 0 Å². The van der Waals surface area contributed by atoms with Crippen molar-refractivity contribution in [3.63, 3.8) is 0 Å². The highest BCUT2D eigenvalue weighted by Crippen LogP contribution is 2.16. The molecule has 1 fully saturated rings. The zero-order chi connectivity index (χ0) is 7.56. The number of likely N-dealkylation sites (N-methyl/N-ethyl adjacent to an activating group) is 1. The molecular formula is C8H17NO. The van der Waals surface area contributed by atoms with Gasteiger partial charge in [-0.3, -0.25) is 0 Å². The Morgan fingerprint density at radius 2 is 2.10 bits per heavy atom. The fourth-order valence-corrected chi connectivity index (χ4v) is 1.72. The summed E-state index contributed by atoms with van der Waals surface area (Å²) in [6.45, 7) is 4.60. The Balaban J connectivity index is 2.35. The van der Waals surface area contributed by atoms with Crippen molar-refractivity contribution >= 4 is 0 Å². The topological polar surface area (TPSA) is 12.5 Å². The molecule has 2 nitrogen and oxygen atoms in total. The van der Waals surface area contributed by atoms with Crippen molar-refractivity contribution in [2.45, 2.75) is 19.4 Å². The molecule has 1 aliphatic heterocycles. The van der Waals surface area contributed by atoms with E-state index < -0.39 is 0 Å². The highest BCUT2D eigenvalue weighted by atomic mass is 16.5. The Hall–Kier alpha value is -0.0800. The molecule has 0 aromatic rings. The van der Waals surface area contributed by atoms with E-state index in [1.54, 1.807) is 7.11 Å². The number of piperidine rings is 1. The first-order valence-corrected chi connectivity index (χ1v) is 3.93. The molecule has 1 rings (SSSR count). The highest BCUT2D eigenvalue weighted by molar-refractivity contribution is 4.74. The SMILES string of the molecule is CO[C@@H]1CC(C)CN(C)C1. The van der Waals surface area contributed by atoms with E-state index in [0.717, 1.165) is 12.5 Å². The van der Waals surface area contributed by atoms with Gasteiger partial charge in [-0.05, 0) is 19.4 Å². The molecule has 0 radical (unpaired) electrons. The first kappa shape index (κ1) is 8.02. The van der Waals surface area contributed by atoms with Gasteiger partial charge in [0.15, 0.2) is 0 Å². The zero-order valence-electron chi connectivity index (χ0n) is 7.13. The van der Waals surface area contributed by atoms with Crippen LogP contribution in [0.1, 0.15) is 13.3 Å². The van der Waals surface area contributed by atoms with Crippen molar-refractivity contribution in [2.75, 3.05) is 27.2 Å². The molecule has 0 spiro atoms. The fraction of sp³-hybridized carbons (Fsp3) is 1.00. The van der Waals surface area contributed by atoms with Crippen molar-refractivity contribution in [3.05, 3.63) is 0 Å². The summed E-state index contributed by atoms with van der Waals surface area (Å²) in [6, 6.07) is 0. The third-order valence-electron chi connectivity index (χ3n) is 2.14. The molecule has 0 saturated carbocycles. The van der Waals surface area contributed by atoms with Crippen molar-refractivity contribution in [1.29, 1.82) is 0 Å². The lowest BCUT2D eigenvalue weighted by molar-refractivity contribution is 0.0208. The van der Waals surface area contributed by atoms with Gasteiger partial charge in [0.25, 0.3) is 0 Å². The third-order valence-corrected chi connectivity index (χ3v) is 2.14. The van der Waals surface area contributed by atoms with Crippen LogP contribution in [0.2, 0.25) is 0 Å². The van der Waals surface area contributed by atoms with E-state index in [1.807, 2.05) is 0 Å². The van der Waals surface area contributed by atoms with Crippen LogP contribution in [0.15, 0.2) is 0 Å². The van der Waals surface area contributed by atoms with Crippen LogP contribution in [-0.4, -0.2) is 38.3 Å². The maximum Gasteiger partial charge on any atom is 0.0701 e. The molecule has 0 aromatic carbocycles. The van der Waals surface area contributed by atoms with Crippen LogP contribution in [0, 0.1) is 5.92 Å². The lowest BCUT2D eigenvalue weighted by Gasteiger charge is -2.32. The van der Waals surface area contributed by atoms with Crippen LogP contribution in [-0.2, 0) is 4.74 Å². The molecule has 60 valence electrons. The van der Waals surface area contributed by atoms with Gasteiger partial charge in [0.1, 0.15) is 0 Å². The predicted molar refractivity (Wildman–Crippen MR) is 42.1 cm³/mol. The van der Waals surface area contributed by atoms with Crippen LogP contribution in [0.25, 0.3) is 0 Å². The van der Waals surface area contributed by atoms with Gasteiger partial charge in [0.05, 0.1) is 6.10 Å². The second-order valence-electron chi connectivity index (χ2n) is 3.42. The number of hydrogen-bond acceptors (Lipinski definition) is 2. The summed E-state index contributed by atoms with van der Waals surface area (Å²) in [4.78, 5) is 2.34. The van der Waals surface area contributed by atoms with E-state index in [9.17, 15) is 0 Å². The summed E-state index contributed by atoms with van der Waals surface area (Å²) in [6.07, 6.45) is 1.69. The first-order valence-electron chi connectivity index (χ1n) is 3.93. The number of hydrogen-bond donors (Lipinski definition) is 0. The number of nitrogens with zero attached hydrogens (tertiary/aromatic N) is 1. The van der Waals surface area contributed by atoms with Gasteiger partial charge in [-0.2, -0.15) is 0 Å². The minimum atomic E-state index is 0.466. The molecular weight excluding hydrogens is 126 g/mol. The standard InChI is InChI=1S/C8H17NO/c1-7-4-8(10-3)6-9(2)5-7/h7-8H,4-6H2,1-3H3/t7?,8-/m1/s1. The van der Waals surface area contributed by atoms with E-state index in [1.165, 1.54) is 13.0 Å². The molecule has 0 aliphatic carbocycles. The molecule has 10 heavy (non-hydrogen) atoms. The molecule has 2 atom stereocenters. The summed E-state index contributed by atoms with van der Waals surface area (Å²) >= 11 is 0. The molecule has 0 bridgehead atoms. The van der Waals surface area contributed by atoms with E-state index in [4.69, 9.17) is 4.74 Å². The summed E-state index contributed by atoms with van der Waals surface area (Å²) in [5, 5.41) is 0. The maximum absolute atomic E-state index is 5.29. The third kappa shape index (κ3) is 1.96. The lowest BCUT2D eigenvalue weighted by atomic mass is 9.98. The smallest absolute Gasteiger partial charge is 0.0701 e. The zero-order valence-corrected chi connectivity index (χ0v) is 7.13. The van der Waals surface area contributed by atoms with Crippen molar-refractivity contribution in [1.82, 2.24) is 4.90 Å².